The Hall–Kier alpha value is -4.37. The van der Waals surface area contributed by atoms with E-state index in [1.165, 1.54) is 23.3 Å². The van der Waals surface area contributed by atoms with Crippen molar-refractivity contribution in [1.82, 2.24) is 14.6 Å². The van der Waals surface area contributed by atoms with E-state index in [0.717, 1.165) is 27.9 Å². The number of morpholine rings is 1. The van der Waals surface area contributed by atoms with Gasteiger partial charge in [0.2, 0.25) is 5.43 Å². The van der Waals surface area contributed by atoms with Crippen molar-refractivity contribution in [3.63, 3.8) is 0 Å². The van der Waals surface area contributed by atoms with Crippen LogP contribution in [0.25, 0.3) is 22.6 Å². The number of pyridine rings is 1. The number of hydrogen-bond acceptors (Lipinski definition) is 7. The Bertz CT molecular complexity index is 1500. The van der Waals surface area contributed by atoms with Gasteiger partial charge in [-0.2, -0.15) is 0 Å². The maximum Gasteiger partial charge on any atom is 0.278 e. The fourth-order valence-corrected chi connectivity index (χ4v) is 5.57. The summed E-state index contributed by atoms with van der Waals surface area (Å²) in [6.45, 7) is 0.642. The molecule has 4 aromatic rings. The lowest BCUT2D eigenvalue weighted by Crippen LogP contribution is -2.64. The van der Waals surface area contributed by atoms with E-state index in [1.807, 2.05) is 36.4 Å². The van der Waals surface area contributed by atoms with Crippen LogP contribution in [0.1, 0.15) is 27.5 Å². The predicted molar refractivity (Wildman–Crippen MR) is 126 cm³/mol. The molecule has 2 aromatic heterocycles. The number of nitrogens with one attached hydrogen (secondary N) is 1. The fraction of sp³-hybridized carbons (Fsp3) is 0.192. The van der Waals surface area contributed by atoms with Gasteiger partial charge in [-0.25, -0.2) is 4.98 Å². The molecule has 0 radical (unpaired) electrons. The van der Waals surface area contributed by atoms with E-state index in [4.69, 9.17) is 9.15 Å². The largest absolute Gasteiger partial charge is 0.502 e. The van der Waals surface area contributed by atoms with E-state index < -0.39 is 29.4 Å². The summed E-state index contributed by atoms with van der Waals surface area (Å²) in [4.78, 5) is 31.6. The number of fused-ring (bicyclic) bond motifs is 7. The second-order valence-electron chi connectivity index (χ2n) is 8.84. The van der Waals surface area contributed by atoms with Gasteiger partial charge in [-0.1, -0.05) is 48.5 Å². The van der Waals surface area contributed by atoms with Crippen LogP contribution >= 0.6 is 0 Å². The highest BCUT2D eigenvalue weighted by Gasteiger charge is 2.47. The molecule has 174 valence electrons. The fourth-order valence-electron chi connectivity index (χ4n) is 5.57. The number of nitrogens with zero attached hydrogens (tertiary/aromatic N) is 3. The average Bonchev–Trinajstić information content (AvgIpc) is 3.33. The summed E-state index contributed by atoms with van der Waals surface area (Å²) in [7, 11) is 0. The van der Waals surface area contributed by atoms with E-state index in [-0.39, 0.29) is 11.6 Å². The number of aromatic nitrogens is 2. The Balaban J connectivity index is 1.43. The molecule has 4 heterocycles. The van der Waals surface area contributed by atoms with Crippen molar-refractivity contribution in [3.8, 4) is 28.3 Å². The second-order valence-corrected chi connectivity index (χ2v) is 8.84. The quantitative estimate of drug-likeness (QED) is 0.442. The zero-order valence-electron chi connectivity index (χ0n) is 18.4. The molecule has 2 aliphatic heterocycles. The SMILES string of the molecule is O=C1c2c(O)c(=O)ccn2NC2C([C@@H]3c4ccccc4-c4ncoc4-c4ccccc43)OCCN12. The van der Waals surface area contributed by atoms with Crippen LogP contribution in [0.2, 0.25) is 0 Å². The van der Waals surface area contributed by atoms with Crippen molar-refractivity contribution in [2.45, 2.75) is 18.2 Å². The van der Waals surface area contributed by atoms with Crippen molar-refractivity contribution < 1.29 is 19.1 Å². The normalized spacial score (nSPS) is 22.1. The lowest BCUT2D eigenvalue weighted by atomic mass is 9.81. The van der Waals surface area contributed by atoms with Crippen LogP contribution in [-0.4, -0.2) is 51.0 Å². The first-order chi connectivity index (χ1) is 17.1. The van der Waals surface area contributed by atoms with Crippen LogP contribution < -0.4 is 10.9 Å². The van der Waals surface area contributed by atoms with Crippen LogP contribution in [0.4, 0.5) is 0 Å². The first-order valence-corrected chi connectivity index (χ1v) is 11.4. The van der Waals surface area contributed by atoms with E-state index in [1.54, 1.807) is 4.90 Å². The van der Waals surface area contributed by atoms with Gasteiger partial charge in [0, 0.05) is 35.9 Å². The summed E-state index contributed by atoms with van der Waals surface area (Å²) >= 11 is 0. The number of carbonyl (C=O) groups excluding carboxylic acids is 1. The Morgan fingerprint density at radius 3 is 2.57 bits per heavy atom. The summed E-state index contributed by atoms with van der Waals surface area (Å²) in [5.41, 5.74) is 7.29. The molecule has 0 spiro atoms. The minimum absolute atomic E-state index is 0.0700. The first-order valence-electron chi connectivity index (χ1n) is 11.4. The Kier molecular flexibility index (Phi) is 4.19. The lowest BCUT2D eigenvalue weighted by molar-refractivity contribution is -0.0645. The Labute approximate surface area is 199 Å². The highest BCUT2D eigenvalue weighted by molar-refractivity contribution is 5.96. The molecule has 2 N–H and O–H groups in total. The van der Waals surface area contributed by atoms with Gasteiger partial charge in [0.15, 0.2) is 23.6 Å². The van der Waals surface area contributed by atoms with Gasteiger partial charge in [-0.15, -0.1) is 0 Å². The molecule has 9 nitrogen and oxygen atoms in total. The van der Waals surface area contributed by atoms with Gasteiger partial charge in [-0.05, 0) is 11.1 Å². The number of oxazole rings is 1. The molecule has 1 aliphatic carbocycles. The first kappa shape index (κ1) is 20.0. The highest BCUT2D eigenvalue weighted by atomic mass is 16.5. The van der Waals surface area contributed by atoms with Crippen LogP contribution in [0, 0.1) is 0 Å². The van der Waals surface area contributed by atoms with E-state index in [0.29, 0.717) is 18.9 Å². The van der Waals surface area contributed by atoms with Crippen molar-refractivity contribution in [1.29, 1.82) is 0 Å². The van der Waals surface area contributed by atoms with Gasteiger partial charge in [0.1, 0.15) is 18.0 Å². The number of rotatable bonds is 1. The van der Waals surface area contributed by atoms with Crippen LogP contribution in [0.3, 0.4) is 0 Å². The maximum atomic E-state index is 13.4. The van der Waals surface area contributed by atoms with Gasteiger partial charge in [0.05, 0.1) is 6.61 Å². The van der Waals surface area contributed by atoms with Crippen molar-refractivity contribution in [2.24, 2.45) is 0 Å². The molecule has 1 amide bonds. The molecule has 0 bridgehead atoms. The number of ether oxygens (including phenoxy) is 1. The summed E-state index contributed by atoms with van der Waals surface area (Å²) in [5, 5.41) is 10.3. The van der Waals surface area contributed by atoms with E-state index in [2.05, 4.69) is 22.5 Å². The maximum absolute atomic E-state index is 13.4. The molecule has 3 atom stereocenters. The molecule has 1 fully saturated rings. The summed E-state index contributed by atoms with van der Waals surface area (Å²) in [5.74, 6) is -0.536. The lowest BCUT2D eigenvalue weighted by Gasteiger charge is -2.48. The van der Waals surface area contributed by atoms with Crippen LogP contribution in [0.15, 0.2) is 76.4 Å². The predicted octanol–water partition coefficient (Wildman–Crippen LogP) is 2.75. The molecule has 35 heavy (non-hydrogen) atoms. The minimum Gasteiger partial charge on any atom is -0.502 e. The van der Waals surface area contributed by atoms with E-state index in [9.17, 15) is 14.7 Å². The summed E-state index contributed by atoms with van der Waals surface area (Å²) < 4.78 is 13.7. The van der Waals surface area contributed by atoms with Gasteiger partial charge >= 0.3 is 0 Å². The topological polar surface area (TPSA) is 110 Å². The smallest absolute Gasteiger partial charge is 0.278 e. The van der Waals surface area contributed by atoms with Gasteiger partial charge in [-0.3, -0.25) is 14.3 Å². The number of hydrogen-bond donors (Lipinski definition) is 2. The van der Waals surface area contributed by atoms with Gasteiger partial charge < -0.3 is 24.6 Å². The molecule has 7 rings (SSSR count). The van der Waals surface area contributed by atoms with Crippen molar-refractivity contribution in [2.75, 3.05) is 18.6 Å². The molecule has 2 aromatic carbocycles. The number of carbonyl (C=O) groups is 1. The molecule has 9 heteroatoms. The molecule has 0 saturated carbocycles. The molecular weight excluding hydrogens is 448 g/mol. The molecule has 2 unspecified atom stereocenters. The van der Waals surface area contributed by atoms with Crippen LogP contribution in [0.5, 0.6) is 5.75 Å². The highest BCUT2D eigenvalue weighted by Crippen LogP contribution is 2.48. The van der Waals surface area contributed by atoms with Crippen LogP contribution in [-0.2, 0) is 4.74 Å². The Morgan fingerprint density at radius 1 is 1.00 bits per heavy atom. The number of aromatic hydroxyl groups is 1. The third-order valence-corrected chi connectivity index (χ3v) is 7.09. The standard InChI is InChI=1S/C26H20N4O5/c31-18-9-10-30-21(22(18)32)26(33)29-11-12-34-24(25(29)28-30)19-14-5-1-3-7-16(14)20-23(35-13-27-20)17-8-4-2-6-15(17)19/h1-10,13,19,24-25,28,32H,11-12H2/t19-,24?,25?/m1/s1. The third-order valence-electron chi connectivity index (χ3n) is 7.09. The zero-order chi connectivity index (χ0) is 23.7. The zero-order valence-corrected chi connectivity index (χ0v) is 18.4. The number of amides is 1. The monoisotopic (exact) mass is 468 g/mol. The third kappa shape index (κ3) is 2.75. The second kappa shape index (κ2) is 7.31. The molecular formula is C26H20N4O5. The average molecular weight is 468 g/mol. The molecule has 1 saturated heterocycles. The van der Waals surface area contributed by atoms with E-state index >= 15 is 0 Å². The summed E-state index contributed by atoms with van der Waals surface area (Å²) in [6, 6.07) is 17.3. The molecule has 3 aliphatic rings. The van der Waals surface area contributed by atoms with Crippen molar-refractivity contribution >= 4 is 5.91 Å². The Morgan fingerprint density at radius 2 is 1.74 bits per heavy atom. The minimum atomic E-state index is -0.595. The number of benzene rings is 2. The van der Waals surface area contributed by atoms with Gasteiger partial charge in [0.25, 0.3) is 5.91 Å². The summed E-state index contributed by atoms with van der Waals surface area (Å²) in [6.07, 6.45) is 1.90. The van der Waals surface area contributed by atoms with Crippen molar-refractivity contribution in [3.05, 3.63) is 94.2 Å².